The lowest BCUT2D eigenvalue weighted by Crippen LogP contribution is -2.23. The number of aliphatic hydroxyl groups is 1. The molecule has 0 aromatic carbocycles. The van der Waals surface area contributed by atoms with E-state index in [2.05, 4.69) is 4.98 Å². The average Bonchev–Trinajstić information content (AvgIpc) is 2.48. The summed E-state index contributed by atoms with van der Waals surface area (Å²) in [4.78, 5) is 14.8. The van der Waals surface area contributed by atoms with E-state index in [1.807, 2.05) is 0 Å². The Balaban J connectivity index is 2.92. The summed E-state index contributed by atoms with van der Waals surface area (Å²) in [5.41, 5.74) is -1.47. The van der Waals surface area contributed by atoms with Crippen LogP contribution in [-0.2, 0) is 0 Å². The van der Waals surface area contributed by atoms with Gasteiger partial charge in [0.15, 0.2) is 5.78 Å². The number of carbonyl (C=O) groups excluding carboxylic acids is 1. The molecule has 78 valence electrons. The maximum atomic E-state index is 13.3. The lowest BCUT2D eigenvalue weighted by molar-refractivity contribution is 0.0159. The summed E-state index contributed by atoms with van der Waals surface area (Å²) in [6, 6.07) is 0. The van der Waals surface area contributed by atoms with Gasteiger partial charge in [-0.3, -0.25) is 4.79 Å². The summed E-state index contributed by atoms with van der Waals surface area (Å²) >= 11 is 1.09. The molecule has 0 saturated heterocycles. The highest BCUT2D eigenvalue weighted by Crippen LogP contribution is 2.30. The zero-order valence-electron chi connectivity index (χ0n) is 8.24. The number of ketones is 1. The number of Topliss-reactive ketones (excluding diaryl/α,β-unsaturated/α-hetero) is 1. The summed E-state index contributed by atoms with van der Waals surface area (Å²) in [7, 11) is 0. The molecule has 1 atom stereocenters. The van der Waals surface area contributed by atoms with Crippen LogP contribution in [0.15, 0.2) is 5.38 Å². The van der Waals surface area contributed by atoms with Gasteiger partial charge >= 0.3 is 0 Å². The molecule has 1 unspecified atom stereocenters. The predicted octanol–water partition coefficient (Wildman–Crippen LogP) is 2.13. The molecule has 5 heteroatoms. The maximum absolute atomic E-state index is 13.3. The van der Waals surface area contributed by atoms with Crippen LogP contribution in [0.2, 0.25) is 0 Å². The molecule has 14 heavy (non-hydrogen) atoms. The normalized spacial score (nSPS) is 14.1. The molecule has 0 fully saturated rings. The van der Waals surface area contributed by atoms with Crippen molar-refractivity contribution in [2.75, 3.05) is 0 Å². The number of carbonyl (C=O) groups is 1. The number of thiazole rings is 1. The molecule has 0 aliphatic carbocycles. The highest BCUT2D eigenvalue weighted by molar-refractivity contribution is 7.09. The first-order valence-electron chi connectivity index (χ1n) is 4.15. The predicted molar refractivity (Wildman–Crippen MR) is 52.3 cm³/mol. The van der Waals surface area contributed by atoms with Crippen molar-refractivity contribution in [2.45, 2.75) is 32.5 Å². The van der Waals surface area contributed by atoms with Gasteiger partial charge in [-0.2, -0.15) is 0 Å². The fraction of sp³-hybridized carbons (Fsp3) is 0.556. The van der Waals surface area contributed by atoms with Gasteiger partial charge in [0.2, 0.25) is 0 Å². The molecule has 0 amide bonds. The van der Waals surface area contributed by atoms with Crippen molar-refractivity contribution in [3.8, 4) is 0 Å². The lowest BCUT2D eigenvalue weighted by atomic mass is 10.1. The van der Waals surface area contributed by atoms with Crippen molar-refractivity contribution in [3.63, 3.8) is 0 Å². The molecule has 1 aromatic heterocycles. The van der Waals surface area contributed by atoms with Gasteiger partial charge in [-0.1, -0.05) is 0 Å². The number of halogens is 1. The lowest BCUT2D eigenvalue weighted by Gasteiger charge is -2.19. The minimum atomic E-state index is -1.74. The first kappa shape index (κ1) is 11.3. The molecule has 0 radical (unpaired) electrons. The van der Waals surface area contributed by atoms with E-state index in [0.29, 0.717) is 0 Å². The van der Waals surface area contributed by atoms with Gasteiger partial charge in [0.1, 0.15) is 22.5 Å². The summed E-state index contributed by atoms with van der Waals surface area (Å²) in [5.74, 6) is -0.184. The fourth-order valence-corrected chi connectivity index (χ4v) is 1.88. The zero-order valence-corrected chi connectivity index (χ0v) is 9.06. The Kier molecular flexibility index (Phi) is 3.01. The van der Waals surface area contributed by atoms with Crippen molar-refractivity contribution in [2.24, 2.45) is 0 Å². The second kappa shape index (κ2) is 3.74. The van der Waals surface area contributed by atoms with Crippen molar-refractivity contribution >= 4 is 17.1 Å². The maximum Gasteiger partial charge on any atom is 0.178 e. The molecular formula is C9H12FNO2S. The van der Waals surface area contributed by atoms with E-state index in [9.17, 15) is 14.3 Å². The number of aliphatic hydroxyl groups excluding tert-OH is 1. The van der Waals surface area contributed by atoms with Crippen LogP contribution in [0.5, 0.6) is 0 Å². The second-order valence-corrected chi connectivity index (χ2v) is 4.48. The molecule has 0 bridgehead atoms. The first-order chi connectivity index (χ1) is 6.32. The van der Waals surface area contributed by atoms with E-state index in [4.69, 9.17) is 0 Å². The topological polar surface area (TPSA) is 50.2 Å². The van der Waals surface area contributed by atoms with E-state index in [-0.39, 0.29) is 16.5 Å². The second-order valence-electron chi connectivity index (χ2n) is 3.59. The minimum absolute atomic E-state index is 0.184. The van der Waals surface area contributed by atoms with Crippen LogP contribution in [-0.4, -0.2) is 21.5 Å². The molecule has 1 N–H and O–H groups in total. The van der Waals surface area contributed by atoms with Crippen molar-refractivity contribution < 1.29 is 14.3 Å². The number of aromatic nitrogens is 1. The average molecular weight is 217 g/mol. The Bertz CT molecular complexity index is 343. The Morgan fingerprint density at radius 2 is 2.29 bits per heavy atom. The van der Waals surface area contributed by atoms with Gasteiger partial charge < -0.3 is 5.11 Å². The minimum Gasteiger partial charge on any atom is -0.383 e. The van der Waals surface area contributed by atoms with E-state index >= 15 is 0 Å². The largest absolute Gasteiger partial charge is 0.383 e. The summed E-state index contributed by atoms with van der Waals surface area (Å²) in [5, 5.41) is 11.3. The van der Waals surface area contributed by atoms with Crippen LogP contribution in [0.25, 0.3) is 0 Å². The quantitative estimate of drug-likeness (QED) is 0.789. The van der Waals surface area contributed by atoms with Gasteiger partial charge in [0, 0.05) is 12.3 Å². The third kappa shape index (κ3) is 2.36. The van der Waals surface area contributed by atoms with Crippen molar-refractivity contribution in [3.05, 3.63) is 16.1 Å². The number of rotatable bonds is 3. The van der Waals surface area contributed by atoms with Crippen molar-refractivity contribution in [1.29, 1.82) is 0 Å². The third-order valence-electron chi connectivity index (χ3n) is 1.77. The molecule has 3 nitrogen and oxygen atoms in total. The number of alkyl halides is 1. The number of nitrogens with zero attached hydrogens (tertiary/aromatic N) is 1. The zero-order chi connectivity index (χ0) is 10.9. The van der Waals surface area contributed by atoms with Crippen LogP contribution in [0.3, 0.4) is 0 Å². The first-order valence-corrected chi connectivity index (χ1v) is 5.03. The summed E-state index contributed by atoms with van der Waals surface area (Å²) < 4.78 is 13.3. The highest BCUT2D eigenvalue weighted by Gasteiger charge is 2.31. The number of hydrogen-bond acceptors (Lipinski definition) is 4. The standard InChI is InChI=1S/C9H12FNO2S/c1-5(12)6-4-14-8(11-6)7(13)9(2,3)10/h4,7,13H,1-3H3. The molecule has 0 spiro atoms. The van der Waals surface area contributed by atoms with Crippen LogP contribution in [0.4, 0.5) is 4.39 Å². The smallest absolute Gasteiger partial charge is 0.178 e. The van der Waals surface area contributed by atoms with Gasteiger partial charge in [0.05, 0.1) is 0 Å². The van der Waals surface area contributed by atoms with Gasteiger partial charge in [-0.15, -0.1) is 11.3 Å². The Labute approximate surface area is 85.6 Å². The SMILES string of the molecule is CC(=O)c1csc(C(O)C(C)(C)F)n1. The Morgan fingerprint density at radius 3 is 2.64 bits per heavy atom. The number of hydrogen-bond donors (Lipinski definition) is 1. The summed E-state index contributed by atoms with van der Waals surface area (Å²) in [6.07, 6.45) is -1.28. The Hall–Kier alpha value is -0.810. The molecule has 0 aliphatic rings. The summed E-state index contributed by atoms with van der Waals surface area (Å²) in [6.45, 7) is 3.92. The van der Waals surface area contributed by atoms with Gasteiger partial charge in [-0.05, 0) is 13.8 Å². The molecule has 0 saturated carbocycles. The third-order valence-corrected chi connectivity index (χ3v) is 2.66. The Morgan fingerprint density at radius 1 is 1.71 bits per heavy atom. The van der Waals surface area contributed by atoms with Crippen LogP contribution >= 0.6 is 11.3 Å². The van der Waals surface area contributed by atoms with E-state index in [0.717, 1.165) is 11.3 Å². The van der Waals surface area contributed by atoms with Crippen LogP contribution < -0.4 is 0 Å². The van der Waals surface area contributed by atoms with Gasteiger partial charge in [-0.25, -0.2) is 9.37 Å². The molecular weight excluding hydrogens is 205 g/mol. The molecule has 0 aliphatic heterocycles. The van der Waals surface area contributed by atoms with E-state index in [1.165, 1.54) is 26.2 Å². The van der Waals surface area contributed by atoms with Crippen LogP contribution in [0.1, 0.15) is 42.4 Å². The van der Waals surface area contributed by atoms with Crippen LogP contribution in [0, 0.1) is 0 Å². The molecule has 1 aromatic rings. The molecule has 1 rings (SSSR count). The molecule has 1 heterocycles. The van der Waals surface area contributed by atoms with Gasteiger partial charge in [0.25, 0.3) is 0 Å². The monoisotopic (exact) mass is 217 g/mol. The van der Waals surface area contributed by atoms with E-state index < -0.39 is 11.8 Å². The van der Waals surface area contributed by atoms with Crippen molar-refractivity contribution in [1.82, 2.24) is 4.98 Å². The fourth-order valence-electron chi connectivity index (χ4n) is 0.869. The van der Waals surface area contributed by atoms with E-state index in [1.54, 1.807) is 0 Å². The highest BCUT2D eigenvalue weighted by atomic mass is 32.1.